The van der Waals surface area contributed by atoms with Crippen LogP contribution in [-0.4, -0.2) is 29.8 Å². The topological polar surface area (TPSA) is 39.1 Å². The molecule has 0 saturated carbocycles. The Labute approximate surface area is 90.6 Å². The highest BCUT2D eigenvalue weighted by molar-refractivity contribution is 5.17. The third kappa shape index (κ3) is 2.21. The Balaban J connectivity index is 2.10. The highest BCUT2D eigenvalue weighted by Gasteiger charge is 2.17. The Morgan fingerprint density at radius 2 is 2.53 bits per heavy atom. The number of hydrogen-bond acceptors (Lipinski definition) is 3. The number of rotatable bonds is 4. The van der Waals surface area contributed by atoms with Crippen LogP contribution in [0.5, 0.6) is 0 Å². The molecule has 0 saturated heterocycles. The normalized spacial score (nSPS) is 17.5. The second-order valence-electron chi connectivity index (χ2n) is 4.10. The van der Waals surface area contributed by atoms with Gasteiger partial charge in [0, 0.05) is 45.0 Å². The molecule has 0 aliphatic carbocycles. The van der Waals surface area contributed by atoms with E-state index in [1.54, 1.807) is 7.11 Å². The first-order valence-electron chi connectivity index (χ1n) is 5.57. The molecule has 4 nitrogen and oxygen atoms in total. The molecule has 0 aromatic carbocycles. The smallest absolute Gasteiger partial charge is 0.0954 e. The predicted molar refractivity (Wildman–Crippen MR) is 58.8 cm³/mol. The zero-order valence-corrected chi connectivity index (χ0v) is 9.49. The lowest BCUT2D eigenvalue weighted by Gasteiger charge is -2.19. The van der Waals surface area contributed by atoms with Gasteiger partial charge in [-0.25, -0.2) is 4.98 Å². The van der Waals surface area contributed by atoms with Crippen LogP contribution in [-0.2, 0) is 17.7 Å². The Hall–Kier alpha value is -0.870. The van der Waals surface area contributed by atoms with Crippen LogP contribution < -0.4 is 5.32 Å². The van der Waals surface area contributed by atoms with Crippen molar-refractivity contribution in [1.29, 1.82) is 0 Å². The summed E-state index contributed by atoms with van der Waals surface area (Å²) in [6.07, 6.45) is 4.11. The van der Waals surface area contributed by atoms with E-state index in [0.29, 0.717) is 6.04 Å². The van der Waals surface area contributed by atoms with E-state index in [9.17, 15) is 0 Å². The van der Waals surface area contributed by atoms with Gasteiger partial charge in [0.2, 0.25) is 0 Å². The molecule has 0 spiro atoms. The first-order valence-corrected chi connectivity index (χ1v) is 5.57. The molecule has 1 aromatic rings. The summed E-state index contributed by atoms with van der Waals surface area (Å²) < 4.78 is 7.41. The van der Waals surface area contributed by atoms with Crippen LogP contribution in [0.25, 0.3) is 0 Å². The van der Waals surface area contributed by atoms with Gasteiger partial charge in [-0.1, -0.05) is 0 Å². The summed E-state index contributed by atoms with van der Waals surface area (Å²) in [7, 11) is 1.75. The van der Waals surface area contributed by atoms with Gasteiger partial charge < -0.3 is 14.6 Å². The van der Waals surface area contributed by atoms with Gasteiger partial charge in [0.1, 0.15) is 0 Å². The van der Waals surface area contributed by atoms with Crippen molar-refractivity contribution < 1.29 is 4.74 Å². The van der Waals surface area contributed by atoms with Gasteiger partial charge >= 0.3 is 0 Å². The lowest BCUT2D eigenvalue weighted by atomic mass is 10.1. The molecule has 1 aliphatic rings. The molecule has 4 heteroatoms. The first kappa shape index (κ1) is 10.6. The van der Waals surface area contributed by atoms with Crippen molar-refractivity contribution in [3.8, 4) is 0 Å². The van der Waals surface area contributed by atoms with Crippen molar-refractivity contribution in [2.75, 3.05) is 20.3 Å². The summed E-state index contributed by atoms with van der Waals surface area (Å²) in [5, 5.41) is 3.34. The lowest BCUT2D eigenvalue weighted by Crippen LogP contribution is -2.25. The summed E-state index contributed by atoms with van der Waals surface area (Å²) >= 11 is 0. The Bertz CT molecular complexity index is 322. The molecule has 2 heterocycles. The number of ether oxygens (including phenoxy) is 1. The van der Waals surface area contributed by atoms with E-state index >= 15 is 0 Å². The van der Waals surface area contributed by atoms with E-state index in [1.807, 2.05) is 6.33 Å². The van der Waals surface area contributed by atoms with E-state index in [1.165, 1.54) is 11.4 Å². The largest absolute Gasteiger partial charge is 0.385 e. The minimum Gasteiger partial charge on any atom is -0.385 e. The number of aromatic nitrogens is 2. The SMILES string of the molecule is COCCC(C)n1cnc2c1CCNC2. The fraction of sp³-hybridized carbons (Fsp3) is 0.727. The molecule has 2 rings (SSSR count). The van der Waals surface area contributed by atoms with Crippen molar-refractivity contribution in [1.82, 2.24) is 14.9 Å². The maximum absolute atomic E-state index is 5.11. The van der Waals surface area contributed by atoms with Gasteiger partial charge in [0.25, 0.3) is 0 Å². The lowest BCUT2D eigenvalue weighted by molar-refractivity contribution is 0.180. The highest BCUT2D eigenvalue weighted by Crippen LogP contribution is 2.19. The summed E-state index contributed by atoms with van der Waals surface area (Å²) in [5.74, 6) is 0. The van der Waals surface area contributed by atoms with Crippen molar-refractivity contribution in [2.45, 2.75) is 32.4 Å². The maximum Gasteiger partial charge on any atom is 0.0954 e. The Morgan fingerprint density at radius 3 is 3.33 bits per heavy atom. The molecule has 1 aliphatic heterocycles. The minimum atomic E-state index is 0.485. The second-order valence-corrected chi connectivity index (χ2v) is 4.10. The Kier molecular flexibility index (Phi) is 3.38. The number of hydrogen-bond donors (Lipinski definition) is 1. The van der Waals surface area contributed by atoms with Crippen molar-refractivity contribution in [3.05, 3.63) is 17.7 Å². The van der Waals surface area contributed by atoms with Gasteiger partial charge in [0.15, 0.2) is 0 Å². The fourth-order valence-electron chi connectivity index (χ4n) is 2.07. The molecular weight excluding hydrogens is 190 g/mol. The average Bonchev–Trinajstić information content (AvgIpc) is 2.69. The van der Waals surface area contributed by atoms with Crippen LogP contribution >= 0.6 is 0 Å². The van der Waals surface area contributed by atoms with E-state index in [0.717, 1.165) is 32.5 Å². The van der Waals surface area contributed by atoms with Gasteiger partial charge in [-0.05, 0) is 13.3 Å². The molecule has 1 atom stereocenters. The number of methoxy groups -OCH3 is 1. The molecule has 0 amide bonds. The van der Waals surface area contributed by atoms with E-state index in [-0.39, 0.29) is 0 Å². The monoisotopic (exact) mass is 209 g/mol. The van der Waals surface area contributed by atoms with E-state index < -0.39 is 0 Å². The van der Waals surface area contributed by atoms with Gasteiger partial charge in [-0.2, -0.15) is 0 Å². The molecule has 1 aromatic heterocycles. The van der Waals surface area contributed by atoms with Crippen LogP contribution in [0.1, 0.15) is 30.8 Å². The molecule has 0 bridgehead atoms. The number of nitrogens with zero attached hydrogens (tertiary/aromatic N) is 2. The number of imidazole rings is 1. The van der Waals surface area contributed by atoms with Crippen LogP contribution in [0.15, 0.2) is 6.33 Å². The van der Waals surface area contributed by atoms with Crippen LogP contribution in [0.4, 0.5) is 0 Å². The quantitative estimate of drug-likeness (QED) is 0.808. The van der Waals surface area contributed by atoms with Gasteiger partial charge in [0.05, 0.1) is 12.0 Å². The summed E-state index contributed by atoms with van der Waals surface area (Å²) in [6.45, 7) is 5.02. The fourth-order valence-corrected chi connectivity index (χ4v) is 2.07. The molecule has 15 heavy (non-hydrogen) atoms. The minimum absolute atomic E-state index is 0.485. The molecule has 0 radical (unpaired) electrons. The first-order chi connectivity index (χ1) is 7.33. The number of fused-ring (bicyclic) bond motifs is 1. The van der Waals surface area contributed by atoms with E-state index in [4.69, 9.17) is 4.74 Å². The number of nitrogens with one attached hydrogen (secondary N) is 1. The van der Waals surface area contributed by atoms with E-state index in [2.05, 4.69) is 21.8 Å². The average molecular weight is 209 g/mol. The molecule has 1 unspecified atom stereocenters. The molecular formula is C11H19N3O. The van der Waals surface area contributed by atoms with Crippen LogP contribution in [0.2, 0.25) is 0 Å². The zero-order chi connectivity index (χ0) is 10.7. The summed E-state index contributed by atoms with van der Waals surface area (Å²) in [5.41, 5.74) is 2.61. The zero-order valence-electron chi connectivity index (χ0n) is 9.49. The summed E-state index contributed by atoms with van der Waals surface area (Å²) in [6, 6.07) is 0.485. The van der Waals surface area contributed by atoms with Crippen molar-refractivity contribution in [3.63, 3.8) is 0 Å². The summed E-state index contributed by atoms with van der Waals surface area (Å²) in [4.78, 5) is 4.45. The second kappa shape index (κ2) is 4.77. The third-order valence-electron chi connectivity index (χ3n) is 3.03. The maximum atomic E-state index is 5.11. The molecule has 0 fully saturated rings. The molecule has 84 valence electrons. The highest BCUT2D eigenvalue weighted by atomic mass is 16.5. The predicted octanol–water partition coefficient (Wildman–Crippen LogP) is 1.13. The van der Waals surface area contributed by atoms with Crippen molar-refractivity contribution in [2.24, 2.45) is 0 Å². The van der Waals surface area contributed by atoms with Gasteiger partial charge in [-0.15, -0.1) is 0 Å². The molecule has 1 N–H and O–H groups in total. The third-order valence-corrected chi connectivity index (χ3v) is 3.03. The van der Waals surface area contributed by atoms with Crippen LogP contribution in [0.3, 0.4) is 0 Å². The standard InChI is InChI=1S/C11H19N3O/c1-9(4-6-15-2)14-8-13-10-7-12-5-3-11(10)14/h8-9,12H,3-7H2,1-2H3. The van der Waals surface area contributed by atoms with Gasteiger partial charge in [-0.3, -0.25) is 0 Å². The van der Waals surface area contributed by atoms with Crippen molar-refractivity contribution >= 4 is 0 Å². The van der Waals surface area contributed by atoms with Crippen LogP contribution in [0, 0.1) is 0 Å². The Morgan fingerprint density at radius 1 is 1.67 bits per heavy atom.